The monoisotopic (exact) mass is 376 g/mol. The molecule has 0 bridgehead atoms. The van der Waals surface area contributed by atoms with Gasteiger partial charge < -0.3 is 10.6 Å². The Balaban J connectivity index is 1.66. The van der Waals surface area contributed by atoms with Gasteiger partial charge in [-0.25, -0.2) is 4.98 Å². The van der Waals surface area contributed by atoms with Crippen molar-refractivity contribution in [2.24, 2.45) is 0 Å². The number of aryl methyl sites for hydroxylation is 1. The van der Waals surface area contributed by atoms with E-state index in [2.05, 4.69) is 15.6 Å². The smallest absolute Gasteiger partial charge is 0.254 e. The Morgan fingerprint density at radius 3 is 2.14 bits per heavy atom. The molecule has 0 spiro atoms. The zero-order valence-electron chi connectivity index (χ0n) is 15.6. The highest BCUT2D eigenvalue weighted by Crippen LogP contribution is 2.16. The molecule has 0 saturated heterocycles. The molecule has 1 aromatic heterocycles. The largest absolute Gasteiger partial charge is 0.326 e. The molecule has 0 aliphatic heterocycles. The lowest BCUT2D eigenvalue weighted by atomic mass is 10.1. The topological polar surface area (TPSA) is 93.1 Å². The van der Waals surface area contributed by atoms with E-state index in [1.165, 1.54) is 23.9 Å². The molecule has 0 radical (unpaired) electrons. The minimum atomic E-state index is -0.348. The number of hydrogen-bond donors (Lipinski definition) is 2. The van der Waals surface area contributed by atoms with Crippen molar-refractivity contribution in [2.45, 2.75) is 20.4 Å². The van der Waals surface area contributed by atoms with E-state index in [0.717, 1.165) is 11.1 Å². The predicted octanol–water partition coefficient (Wildman–Crippen LogP) is 2.82. The fourth-order valence-electron chi connectivity index (χ4n) is 2.62. The average Bonchev–Trinajstić information content (AvgIpc) is 2.65. The maximum Gasteiger partial charge on any atom is 0.254 e. The fourth-order valence-corrected chi connectivity index (χ4v) is 2.62. The number of hydrogen-bond acceptors (Lipinski definition) is 4. The summed E-state index contributed by atoms with van der Waals surface area (Å²) in [7, 11) is 0. The second-order valence-corrected chi connectivity index (χ2v) is 6.41. The lowest BCUT2D eigenvalue weighted by molar-refractivity contribution is -0.117. The van der Waals surface area contributed by atoms with Crippen LogP contribution in [0.15, 0.2) is 65.7 Å². The summed E-state index contributed by atoms with van der Waals surface area (Å²) in [6.07, 6.45) is 1.37. The molecule has 7 nitrogen and oxygen atoms in total. The molecule has 0 unspecified atom stereocenters. The van der Waals surface area contributed by atoms with Crippen molar-refractivity contribution >= 4 is 23.2 Å². The van der Waals surface area contributed by atoms with Crippen molar-refractivity contribution in [2.75, 3.05) is 10.6 Å². The predicted molar refractivity (Wildman–Crippen MR) is 108 cm³/mol. The molecule has 2 aromatic carbocycles. The SMILES string of the molecule is CC(=O)Nc1ccc(NC(=O)Cn2cnc(-c3ccc(C)cc3)cc2=O)cc1. The summed E-state index contributed by atoms with van der Waals surface area (Å²) in [5.41, 5.74) is 3.43. The number of amides is 2. The maximum absolute atomic E-state index is 12.3. The van der Waals surface area contributed by atoms with Gasteiger partial charge in [-0.15, -0.1) is 0 Å². The quantitative estimate of drug-likeness (QED) is 0.716. The van der Waals surface area contributed by atoms with Gasteiger partial charge >= 0.3 is 0 Å². The Morgan fingerprint density at radius 2 is 1.57 bits per heavy atom. The van der Waals surface area contributed by atoms with E-state index in [1.807, 2.05) is 31.2 Å². The van der Waals surface area contributed by atoms with Crippen LogP contribution in [-0.2, 0) is 16.1 Å². The number of carbonyl (C=O) groups excluding carboxylic acids is 2. The third kappa shape index (κ3) is 4.91. The van der Waals surface area contributed by atoms with Gasteiger partial charge in [0.05, 0.1) is 12.0 Å². The van der Waals surface area contributed by atoms with Crippen LogP contribution in [0.4, 0.5) is 11.4 Å². The van der Waals surface area contributed by atoms with Crippen LogP contribution in [0.5, 0.6) is 0 Å². The molecule has 0 saturated carbocycles. The Bertz CT molecular complexity index is 1050. The number of nitrogens with one attached hydrogen (secondary N) is 2. The summed E-state index contributed by atoms with van der Waals surface area (Å²) < 4.78 is 1.25. The lowest BCUT2D eigenvalue weighted by Crippen LogP contribution is -2.27. The summed E-state index contributed by atoms with van der Waals surface area (Å²) in [5.74, 6) is -0.517. The highest BCUT2D eigenvalue weighted by molar-refractivity contribution is 5.92. The van der Waals surface area contributed by atoms with Crippen LogP contribution in [0.25, 0.3) is 11.3 Å². The number of aromatic nitrogens is 2. The first kappa shape index (κ1) is 19.0. The minimum Gasteiger partial charge on any atom is -0.326 e. The van der Waals surface area contributed by atoms with Crippen LogP contribution in [0.2, 0.25) is 0 Å². The van der Waals surface area contributed by atoms with Crippen molar-refractivity contribution < 1.29 is 9.59 Å². The zero-order valence-corrected chi connectivity index (χ0v) is 15.6. The maximum atomic E-state index is 12.3. The van der Waals surface area contributed by atoms with Crippen molar-refractivity contribution in [3.8, 4) is 11.3 Å². The molecule has 3 aromatic rings. The van der Waals surface area contributed by atoms with Crippen molar-refractivity contribution in [1.82, 2.24) is 9.55 Å². The van der Waals surface area contributed by atoms with E-state index in [1.54, 1.807) is 24.3 Å². The van der Waals surface area contributed by atoms with E-state index >= 15 is 0 Å². The van der Waals surface area contributed by atoms with Gasteiger partial charge in [0.15, 0.2) is 0 Å². The van der Waals surface area contributed by atoms with Crippen molar-refractivity contribution in [1.29, 1.82) is 0 Å². The number of rotatable bonds is 5. The summed E-state index contributed by atoms with van der Waals surface area (Å²) in [6.45, 7) is 3.26. The molecule has 142 valence electrons. The van der Waals surface area contributed by atoms with E-state index < -0.39 is 0 Å². The van der Waals surface area contributed by atoms with Gasteiger partial charge in [0, 0.05) is 29.9 Å². The van der Waals surface area contributed by atoms with Crippen LogP contribution in [0.3, 0.4) is 0 Å². The van der Waals surface area contributed by atoms with E-state index in [4.69, 9.17) is 0 Å². The summed E-state index contributed by atoms with van der Waals surface area (Å²) in [6, 6.07) is 15.8. The summed E-state index contributed by atoms with van der Waals surface area (Å²) >= 11 is 0. The summed E-state index contributed by atoms with van der Waals surface area (Å²) in [4.78, 5) is 39.8. The second-order valence-electron chi connectivity index (χ2n) is 6.41. The van der Waals surface area contributed by atoms with Crippen molar-refractivity contribution in [3.63, 3.8) is 0 Å². The van der Waals surface area contributed by atoms with Crippen LogP contribution >= 0.6 is 0 Å². The zero-order chi connectivity index (χ0) is 20.1. The van der Waals surface area contributed by atoms with Gasteiger partial charge in [-0.1, -0.05) is 29.8 Å². The van der Waals surface area contributed by atoms with Crippen molar-refractivity contribution in [3.05, 3.63) is 76.8 Å². The normalized spacial score (nSPS) is 10.4. The molecule has 2 N–H and O–H groups in total. The Morgan fingerprint density at radius 1 is 0.964 bits per heavy atom. The van der Waals surface area contributed by atoms with Gasteiger partial charge in [-0.3, -0.25) is 19.0 Å². The Hall–Kier alpha value is -3.74. The Kier molecular flexibility index (Phi) is 5.64. The molecule has 0 aliphatic rings. The molecule has 7 heteroatoms. The second kappa shape index (κ2) is 8.30. The molecular weight excluding hydrogens is 356 g/mol. The van der Waals surface area contributed by atoms with Gasteiger partial charge in [-0.05, 0) is 31.2 Å². The molecule has 2 amide bonds. The lowest BCUT2D eigenvalue weighted by Gasteiger charge is -2.09. The molecule has 3 rings (SSSR count). The fraction of sp³-hybridized carbons (Fsp3) is 0.143. The van der Waals surface area contributed by atoms with Gasteiger partial charge in [0.1, 0.15) is 6.54 Å². The van der Waals surface area contributed by atoms with Gasteiger partial charge in [0.25, 0.3) is 5.56 Å². The average molecular weight is 376 g/mol. The standard InChI is InChI=1S/C21H20N4O3/c1-14-3-5-16(6-4-14)19-11-21(28)25(13-22-19)12-20(27)24-18-9-7-17(8-10-18)23-15(2)26/h3-11,13H,12H2,1-2H3,(H,23,26)(H,24,27). The van der Waals surface area contributed by atoms with Crippen LogP contribution < -0.4 is 16.2 Å². The molecule has 0 aliphatic carbocycles. The minimum absolute atomic E-state index is 0.145. The number of benzene rings is 2. The van der Waals surface area contributed by atoms with Crippen LogP contribution in [0, 0.1) is 6.92 Å². The summed E-state index contributed by atoms with van der Waals surface area (Å²) in [5, 5.41) is 5.36. The van der Waals surface area contributed by atoms with Gasteiger partial charge in [0.2, 0.25) is 11.8 Å². The molecule has 28 heavy (non-hydrogen) atoms. The van der Waals surface area contributed by atoms with Gasteiger partial charge in [-0.2, -0.15) is 0 Å². The molecule has 0 fully saturated rings. The highest BCUT2D eigenvalue weighted by atomic mass is 16.2. The number of nitrogens with zero attached hydrogens (tertiary/aromatic N) is 2. The number of anilines is 2. The van der Waals surface area contributed by atoms with Crippen LogP contribution in [-0.4, -0.2) is 21.4 Å². The number of carbonyl (C=O) groups is 2. The first-order chi connectivity index (χ1) is 13.4. The van der Waals surface area contributed by atoms with Crippen LogP contribution in [0.1, 0.15) is 12.5 Å². The third-order valence-electron chi connectivity index (χ3n) is 4.03. The molecule has 0 atom stereocenters. The highest BCUT2D eigenvalue weighted by Gasteiger charge is 2.08. The first-order valence-corrected chi connectivity index (χ1v) is 8.72. The van der Waals surface area contributed by atoms with E-state index in [0.29, 0.717) is 17.1 Å². The van der Waals surface area contributed by atoms with E-state index in [9.17, 15) is 14.4 Å². The Labute approximate surface area is 162 Å². The first-order valence-electron chi connectivity index (χ1n) is 8.72. The third-order valence-corrected chi connectivity index (χ3v) is 4.03. The van der Waals surface area contributed by atoms with E-state index in [-0.39, 0.29) is 23.9 Å². The molecule has 1 heterocycles. The molecular formula is C21H20N4O3.